The fraction of sp³-hybridized carbons (Fsp3) is 0.588. The van der Waals surface area contributed by atoms with Crippen LogP contribution >= 0.6 is 12.2 Å². The summed E-state index contributed by atoms with van der Waals surface area (Å²) in [6, 6.07) is 7.16. The molecule has 2 rings (SSSR count). The minimum atomic E-state index is -0.365. The van der Waals surface area contributed by atoms with Gasteiger partial charge in [0.05, 0.1) is 11.0 Å². The molecule has 0 spiro atoms. The summed E-state index contributed by atoms with van der Waals surface area (Å²) in [6.45, 7) is 4.28. The zero-order chi connectivity index (χ0) is 17.0. The SMILES string of the molecule is C[C@@H]1CCCC[C@@H]1NC(=S)N(C)[C@@H](C)c1cccc([N+](=O)[O-])c1. The fourth-order valence-electron chi connectivity index (χ4n) is 3.09. The van der Waals surface area contributed by atoms with Crippen molar-refractivity contribution in [3.63, 3.8) is 0 Å². The van der Waals surface area contributed by atoms with E-state index in [0.29, 0.717) is 17.1 Å². The number of nitrogens with one attached hydrogen (secondary N) is 1. The number of hydrogen-bond acceptors (Lipinski definition) is 3. The second-order valence-electron chi connectivity index (χ2n) is 6.46. The van der Waals surface area contributed by atoms with Crippen molar-refractivity contribution in [1.82, 2.24) is 10.2 Å². The van der Waals surface area contributed by atoms with E-state index in [1.54, 1.807) is 12.1 Å². The molecule has 1 aromatic rings. The van der Waals surface area contributed by atoms with Crippen molar-refractivity contribution in [2.24, 2.45) is 5.92 Å². The highest BCUT2D eigenvalue weighted by molar-refractivity contribution is 7.80. The average Bonchev–Trinajstić information content (AvgIpc) is 2.55. The number of hydrogen-bond donors (Lipinski definition) is 1. The number of rotatable bonds is 4. The number of nitro groups is 1. The minimum Gasteiger partial charge on any atom is -0.360 e. The highest BCUT2D eigenvalue weighted by Gasteiger charge is 2.24. The molecular formula is C17H25N3O2S. The largest absolute Gasteiger partial charge is 0.360 e. The second kappa shape index (κ2) is 7.73. The molecule has 1 aliphatic carbocycles. The third kappa shape index (κ3) is 4.41. The van der Waals surface area contributed by atoms with E-state index in [-0.39, 0.29) is 16.7 Å². The Bertz CT molecular complexity index is 579. The van der Waals surface area contributed by atoms with Crippen LogP contribution in [-0.4, -0.2) is 28.0 Å². The van der Waals surface area contributed by atoms with Gasteiger partial charge < -0.3 is 10.2 Å². The van der Waals surface area contributed by atoms with Crippen LogP contribution in [0.5, 0.6) is 0 Å². The molecular weight excluding hydrogens is 310 g/mol. The lowest BCUT2D eigenvalue weighted by atomic mass is 9.86. The Morgan fingerprint density at radius 3 is 2.78 bits per heavy atom. The molecule has 0 bridgehead atoms. The highest BCUT2D eigenvalue weighted by atomic mass is 32.1. The van der Waals surface area contributed by atoms with Gasteiger partial charge in [-0.2, -0.15) is 0 Å². The predicted molar refractivity (Wildman–Crippen MR) is 96.4 cm³/mol. The van der Waals surface area contributed by atoms with Crippen molar-refractivity contribution in [3.8, 4) is 0 Å². The Labute approximate surface area is 143 Å². The molecule has 1 fully saturated rings. The predicted octanol–water partition coefficient (Wildman–Crippen LogP) is 4.04. The van der Waals surface area contributed by atoms with Crippen LogP contribution in [0.2, 0.25) is 0 Å². The van der Waals surface area contributed by atoms with Gasteiger partial charge in [0.25, 0.3) is 5.69 Å². The lowest BCUT2D eigenvalue weighted by Crippen LogP contribution is -2.47. The first-order chi connectivity index (χ1) is 10.9. The van der Waals surface area contributed by atoms with Crippen molar-refractivity contribution in [2.45, 2.75) is 51.6 Å². The number of nitrogens with zero attached hydrogens (tertiary/aromatic N) is 2. The van der Waals surface area contributed by atoms with E-state index in [9.17, 15) is 10.1 Å². The monoisotopic (exact) mass is 335 g/mol. The number of thiocarbonyl (C=S) groups is 1. The maximum Gasteiger partial charge on any atom is 0.269 e. The maximum absolute atomic E-state index is 10.9. The van der Waals surface area contributed by atoms with Crippen LogP contribution in [0.25, 0.3) is 0 Å². The van der Waals surface area contributed by atoms with Crippen LogP contribution in [0.15, 0.2) is 24.3 Å². The third-order valence-corrected chi connectivity index (χ3v) is 5.29. The molecule has 0 radical (unpaired) electrons. The van der Waals surface area contributed by atoms with E-state index in [4.69, 9.17) is 12.2 Å². The van der Waals surface area contributed by atoms with E-state index in [0.717, 1.165) is 12.0 Å². The molecule has 6 heteroatoms. The summed E-state index contributed by atoms with van der Waals surface area (Å²) in [7, 11) is 1.94. The molecule has 0 unspecified atom stereocenters. The van der Waals surface area contributed by atoms with Crippen LogP contribution in [0.3, 0.4) is 0 Å². The zero-order valence-corrected chi connectivity index (χ0v) is 14.8. The van der Waals surface area contributed by atoms with Gasteiger partial charge in [0, 0.05) is 25.2 Å². The summed E-state index contributed by atoms with van der Waals surface area (Å²) >= 11 is 5.55. The van der Waals surface area contributed by atoms with E-state index < -0.39 is 0 Å². The van der Waals surface area contributed by atoms with Gasteiger partial charge in [-0.25, -0.2) is 0 Å². The number of non-ortho nitro benzene ring substituents is 1. The maximum atomic E-state index is 10.9. The average molecular weight is 335 g/mol. The lowest BCUT2D eigenvalue weighted by Gasteiger charge is -2.35. The van der Waals surface area contributed by atoms with Gasteiger partial charge in [0.2, 0.25) is 0 Å². The first-order valence-electron chi connectivity index (χ1n) is 8.18. The molecule has 3 atom stereocenters. The van der Waals surface area contributed by atoms with Gasteiger partial charge in [-0.3, -0.25) is 10.1 Å². The van der Waals surface area contributed by atoms with E-state index in [1.807, 2.05) is 24.9 Å². The Morgan fingerprint density at radius 1 is 1.43 bits per heavy atom. The van der Waals surface area contributed by atoms with E-state index in [2.05, 4.69) is 12.2 Å². The first-order valence-corrected chi connectivity index (χ1v) is 8.58. The van der Waals surface area contributed by atoms with Gasteiger partial charge in [0.1, 0.15) is 0 Å². The fourth-order valence-corrected chi connectivity index (χ4v) is 3.40. The van der Waals surface area contributed by atoms with Gasteiger partial charge in [-0.15, -0.1) is 0 Å². The Hall–Kier alpha value is -1.69. The van der Waals surface area contributed by atoms with Gasteiger partial charge in [-0.05, 0) is 43.5 Å². The van der Waals surface area contributed by atoms with Crippen molar-refractivity contribution in [2.75, 3.05) is 7.05 Å². The normalized spacial score (nSPS) is 22.2. The minimum absolute atomic E-state index is 0.0196. The summed E-state index contributed by atoms with van der Waals surface area (Å²) in [5.74, 6) is 0.628. The molecule has 126 valence electrons. The van der Waals surface area contributed by atoms with Crippen molar-refractivity contribution in [1.29, 1.82) is 0 Å². The van der Waals surface area contributed by atoms with Crippen molar-refractivity contribution in [3.05, 3.63) is 39.9 Å². The highest BCUT2D eigenvalue weighted by Crippen LogP contribution is 2.26. The van der Waals surface area contributed by atoms with E-state index >= 15 is 0 Å². The third-order valence-electron chi connectivity index (χ3n) is 4.89. The Balaban J connectivity index is 2.03. The number of nitro benzene ring substituents is 1. The topological polar surface area (TPSA) is 58.4 Å². The molecule has 0 saturated heterocycles. The van der Waals surface area contributed by atoms with Crippen molar-refractivity contribution < 1.29 is 4.92 Å². The zero-order valence-electron chi connectivity index (χ0n) is 14.0. The molecule has 1 aliphatic rings. The number of benzene rings is 1. The van der Waals surface area contributed by atoms with Crippen LogP contribution < -0.4 is 5.32 Å². The van der Waals surface area contributed by atoms with Crippen LogP contribution in [0.4, 0.5) is 5.69 Å². The molecule has 5 nitrogen and oxygen atoms in total. The van der Waals surface area contributed by atoms with Crippen molar-refractivity contribution >= 4 is 23.0 Å². The smallest absolute Gasteiger partial charge is 0.269 e. The summed E-state index contributed by atoms with van der Waals surface area (Å²) < 4.78 is 0. The molecule has 0 aliphatic heterocycles. The summed E-state index contributed by atoms with van der Waals surface area (Å²) in [5, 5.41) is 15.1. The van der Waals surface area contributed by atoms with Crippen LogP contribution in [-0.2, 0) is 0 Å². The van der Waals surface area contributed by atoms with E-state index in [1.165, 1.54) is 25.3 Å². The summed E-state index contributed by atoms with van der Waals surface area (Å²) in [5.41, 5.74) is 1.00. The standard InChI is InChI=1S/C17H25N3O2S/c1-12-7-4-5-10-16(12)18-17(23)19(3)13(2)14-8-6-9-15(11-14)20(21)22/h6,8-9,11-13,16H,4-5,7,10H2,1-3H3,(H,18,23)/t12-,13+,16+/m1/s1. The van der Waals surface area contributed by atoms with Gasteiger partial charge in [0.15, 0.2) is 5.11 Å². The van der Waals surface area contributed by atoms with Crippen LogP contribution in [0, 0.1) is 16.0 Å². The second-order valence-corrected chi connectivity index (χ2v) is 6.84. The van der Waals surface area contributed by atoms with Gasteiger partial charge in [-0.1, -0.05) is 31.9 Å². The molecule has 0 amide bonds. The Kier molecular flexibility index (Phi) is 5.93. The molecule has 0 aromatic heterocycles. The molecule has 1 N–H and O–H groups in total. The van der Waals surface area contributed by atoms with Gasteiger partial charge >= 0.3 is 0 Å². The molecule has 1 saturated carbocycles. The summed E-state index contributed by atoms with van der Waals surface area (Å²) in [6.07, 6.45) is 4.94. The quantitative estimate of drug-likeness (QED) is 0.511. The van der Waals surface area contributed by atoms with Crippen LogP contribution in [0.1, 0.15) is 51.1 Å². The molecule has 0 heterocycles. The first kappa shape index (κ1) is 17.7. The lowest BCUT2D eigenvalue weighted by molar-refractivity contribution is -0.384. The summed E-state index contributed by atoms with van der Waals surface area (Å²) in [4.78, 5) is 12.5. The Morgan fingerprint density at radius 2 is 2.13 bits per heavy atom. The molecule has 1 aromatic carbocycles. The molecule has 23 heavy (non-hydrogen) atoms.